The lowest BCUT2D eigenvalue weighted by atomic mass is 9.71. The van der Waals surface area contributed by atoms with E-state index < -0.39 is 11.6 Å². The van der Waals surface area contributed by atoms with Crippen molar-refractivity contribution in [2.45, 2.75) is 52.6 Å². The van der Waals surface area contributed by atoms with Crippen molar-refractivity contribution in [3.05, 3.63) is 35.2 Å². The van der Waals surface area contributed by atoms with Crippen LogP contribution in [0.2, 0.25) is 0 Å². The SMILES string of the molecule is CC.CC12CCCC(C(F)(F)F)=C1c1ccc3[nH]cnc3c1C2. The first-order valence-electron chi connectivity index (χ1n) is 8.16. The molecule has 124 valence electrons. The van der Waals surface area contributed by atoms with Crippen molar-refractivity contribution in [3.8, 4) is 0 Å². The number of aromatic amines is 1. The predicted molar refractivity (Wildman–Crippen MR) is 86.1 cm³/mol. The Hall–Kier alpha value is -1.78. The number of benzene rings is 1. The summed E-state index contributed by atoms with van der Waals surface area (Å²) in [5.74, 6) is 0. The van der Waals surface area contributed by atoms with Crippen molar-refractivity contribution in [2.24, 2.45) is 5.41 Å². The molecule has 1 aromatic heterocycles. The number of hydrogen-bond donors (Lipinski definition) is 1. The highest BCUT2D eigenvalue weighted by atomic mass is 19.4. The third-order valence-electron chi connectivity index (χ3n) is 4.94. The molecule has 2 nitrogen and oxygen atoms in total. The summed E-state index contributed by atoms with van der Waals surface area (Å²) in [6.45, 7) is 5.96. The Morgan fingerprint density at radius 1 is 1.22 bits per heavy atom. The smallest absolute Gasteiger partial charge is 0.345 e. The van der Waals surface area contributed by atoms with E-state index in [1.54, 1.807) is 6.33 Å². The van der Waals surface area contributed by atoms with Crippen LogP contribution in [0.1, 0.15) is 51.2 Å². The molecule has 1 N–H and O–H groups in total. The summed E-state index contributed by atoms with van der Waals surface area (Å²) >= 11 is 0. The van der Waals surface area contributed by atoms with E-state index in [1.807, 2.05) is 32.9 Å². The summed E-state index contributed by atoms with van der Waals surface area (Å²) in [5.41, 5.74) is 3.21. The second-order valence-corrected chi connectivity index (χ2v) is 6.33. The van der Waals surface area contributed by atoms with Crippen molar-refractivity contribution < 1.29 is 13.2 Å². The van der Waals surface area contributed by atoms with Crippen LogP contribution in [-0.4, -0.2) is 16.1 Å². The van der Waals surface area contributed by atoms with Crippen molar-refractivity contribution in [3.63, 3.8) is 0 Å². The topological polar surface area (TPSA) is 28.7 Å². The Labute approximate surface area is 133 Å². The van der Waals surface area contributed by atoms with Crippen LogP contribution < -0.4 is 0 Å². The van der Waals surface area contributed by atoms with Gasteiger partial charge in [0.2, 0.25) is 0 Å². The van der Waals surface area contributed by atoms with Gasteiger partial charge in [-0.1, -0.05) is 26.8 Å². The molecule has 0 aliphatic heterocycles. The first kappa shape index (κ1) is 16.1. The van der Waals surface area contributed by atoms with E-state index in [0.29, 0.717) is 18.4 Å². The molecule has 4 rings (SSSR count). The van der Waals surface area contributed by atoms with Crippen molar-refractivity contribution in [1.82, 2.24) is 9.97 Å². The van der Waals surface area contributed by atoms with Crippen LogP contribution in [0.15, 0.2) is 24.0 Å². The molecule has 5 heteroatoms. The Morgan fingerprint density at radius 2 is 1.96 bits per heavy atom. The molecule has 2 aliphatic carbocycles. The molecule has 2 aliphatic rings. The number of hydrogen-bond acceptors (Lipinski definition) is 1. The Morgan fingerprint density at radius 3 is 2.65 bits per heavy atom. The molecule has 2 aromatic rings. The monoisotopic (exact) mass is 322 g/mol. The normalized spacial score (nSPS) is 23.4. The van der Waals surface area contributed by atoms with Crippen molar-refractivity contribution in [2.75, 3.05) is 0 Å². The van der Waals surface area contributed by atoms with Gasteiger partial charge >= 0.3 is 6.18 Å². The zero-order valence-electron chi connectivity index (χ0n) is 13.6. The second-order valence-electron chi connectivity index (χ2n) is 6.33. The number of nitrogens with zero attached hydrogens (tertiary/aromatic N) is 1. The van der Waals surface area contributed by atoms with E-state index in [9.17, 15) is 13.2 Å². The second kappa shape index (κ2) is 5.39. The number of alkyl halides is 3. The molecule has 1 heterocycles. The van der Waals surface area contributed by atoms with Gasteiger partial charge in [-0.25, -0.2) is 4.98 Å². The van der Waals surface area contributed by atoms with Gasteiger partial charge in [-0.05, 0) is 53.9 Å². The number of allylic oxidation sites excluding steroid dienone is 2. The van der Waals surface area contributed by atoms with Gasteiger partial charge in [0.25, 0.3) is 0 Å². The minimum absolute atomic E-state index is 0.131. The maximum Gasteiger partial charge on any atom is 0.412 e. The zero-order chi connectivity index (χ0) is 16.8. The molecular formula is C18H21F3N2. The maximum absolute atomic E-state index is 13.4. The number of aromatic nitrogens is 2. The van der Waals surface area contributed by atoms with Crippen LogP contribution >= 0.6 is 0 Å². The van der Waals surface area contributed by atoms with E-state index in [4.69, 9.17) is 0 Å². The molecule has 1 aromatic carbocycles. The lowest BCUT2D eigenvalue weighted by molar-refractivity contribution is -0.0951. The van der Waals surface area contributed by atoms with Crippen LogP contribution in [0, 0.1) is 5.41 Å². The Bertz CT molecular complexity index is 770. The van der Waals surface area contributed by atoms with Crippen LogP contribution in [0.4, 0.5) is 13.2 Å². The number of imidazole rings is 1. The van der Waals surface area contributed by atoms with Gasteiger partial charge in [-0.15, -0.1) is 0 Å². The van der Waals surface area contributed by atoms with Gasteiger partial charge in [0.15, 0.2) is 0 Å². The molecule has 0 spiro atoms. The van der Waals surface area contributed by atoms with E-state index >= 15 is 0 Å². The third-order valence-corrected chi connectivity index (χ3v) is 4.94. The van der Waals surface area contributed by atoms with Gasteiger partial charge in [-0.2, -0.15) is 13.2 Å². The van der Waals surface area contributed by atoms with Gasteiger partial charge in [-0.3, -0.25) is 0 Å². The summed E-state index contributed by atoms with van der Waals surface area (Å²) in [6.07, 6.45) is -0.436. The molecule has 0 saturated carbocycles. The molecule has 0 saturated heterocycles. The molecule has 0 amide bonds. The lowest BCUT2D eigenvalue weighted by Crippen LogP contribution is -2.26. The van der Waals surface area contributed by atoms with Gasteiger partial charge in [0, 0.05) is 5.57 Å². The van der Waals surface area contributed by atoms with Crippen molar-refractivity contribution >= 4 is 16.6 Å². The summed E-state index contributed by atoms with van der Waals surface area (Å²) in [6, 6.07) is 3.66. The van der Waals surface area contributed by atoms with Crippen LogP contribution in [-0.2, 0) is 6.42 Å². The fourth-order valence-corrected chi connectivity index (χ4v) is 4.09. The summed E-state index contributed by atoms with van der Waals surface area (Å²) in [4.78, 5) is 7.34. The summed E-state index contributed by atoms with van der Waals surface area (Å²) in [7, 11) is 0. The molecular weight excluding hydrogens is 301 g/mol. The summed E-state index contributed by atoms with van der Waals surface area (Å²) < 4.78 is 40.3. The Kier molecular flexibility index (Phi) is 3.77. The molecule has 1 atom stereocenters. The van der Waals surface area contributed by atoms with Crippen LogP contribution in [0.25, 0.3) is 16.6 Å². The fraction of sp³-hybridized carbons (Fsp3) is 0.500. The lowest BCUT2D eigenvalue weighted by Gasteiger charge is -2.34. The molecule has 23 heavy (non-hydrogen) atoms. The minimum atomic E-state index is -4.24. The highest BCUT2D eigenvalue weighted by Crippen LogP contribution is 2.57. The molecule has 0 radical (unpaired) electrons. The van der Waals surface area contributed by atoms with Gasteiger partial charge < -0.3 is 4.98 Å². The van der Waals surface area contributed by atoms with Crippen LogP contribution in [0.5, 0.6) is 0 Å². The maximum atomic E-state index is 13.4. The third kappa shape index (κ3) is 2.37. The number of H-pyrrole nitrogens is 1. The van der Waals surface area contributed by atoms with E-state index in [2.05, 4.69) is 9.97 Å². The van der Waals surface area contributed by atoms with Gasteiger partial charge in [0.05, 0.1) is 17.4 Å². The van der Waals surface area contributed by atoms with Crippen molar-refractivity contribution in [1.29, 1.82) is 0 Å². The van der Waals surface area contributed by atoms with Crippen LogP contribution in [0.3, 0.4) is 0 Å². The van der Waals surface area contributed by atoms with Gasteiger partial charge in [0.1, 0.15) is 0 Å². The average molecular weight is 322 g/mol. The number of fused-ring (bicyclic) bond motifs is 5. The van der Waals surface area contributed by atoms with E-state index in [0.717, 1.165) is 28.6 Å². The standard InChI is InChI=1S/C16H15F3N2.C2H6/c1-15-6-2-3-11(16(17,18)19)13(15)9-4-5-12-14(10(9)7-15)21-8-20-12;1-2/h4-5,8H,2-3,6-7H2,1H3,(H,20,21);1-2H3. The average Bonchev–Trinajstić information content (AvgIpc) is 3.08. The first-order valence-corrected chi connectivity index (χ1v) is 8.16. The number of nitrogens with one attached hydrogen (secondary N) is 1. The molecule has 0 fully saturated rings. The molecule has 1 unspecified atom stereocenters. The number of rotatable bonds is 0. The molecule has 0 bridgehead atoms. The summed E-state index contributed by atoms with van der Waals surface area (Å²) in [5, 5.41) is 0. The van der Waals surface area contributed by atoms with E-state index in [1.165, 1.54) is 0 Å². The highest BCUT2D eigenvalue weighted by Gasteiger charge is 2.48. The Balaban J connectivity index is 0.000000753. The largest absolute Gasteiger partial charge is 0.412 e. The first-order chi connectivity index (χ1) is 10.9. The highest BCUT2D eigenvalue weighted by molar-refractivity contribution is 5.91. The minimum Gasteiger partial charge on any atom is -0.345 e. The fourth-order valence-electron chi connectivity index (χ4n) is 4.09. The number of halogens is 3. The van der Waals surface area contributed by atoms with E-state index in [-0.39, 0.29) is 12.0 Å². The zero-order valence-corrected chi connectivity index (χ0v) is 13.6. The quantitative estimate of drug-likeness (QED) is 0.667. The predicted octanol–water partition coefficient (Wildman–Crippen LogP) is 5.65.